The Labute approximate surface area is 238 Å². The standard InChI is InChI=1S/C17H19O6P.2K.2H/c18-17(13-24(19,20)21)22-11-5-7-14-6-4-10-16(12-14)23-15-8-2-1-3-9-15;;;;/h1-4,6,8-10,12H,5,7,11,13H2,(H2,19,20,21);;;;. The molecule has 0 aliphatic carbocycles. The van der Waals surface area contributed by atoms with Gasteiger partial charge in [0.2, 0.25) is 0 Å². The molecule has 0 spiro atoms. The summed E-state index contributed by atoms with van der Waals surface area (Å²) in [5.41, 5.74) is 1.02. The Morgan fingerprint density at radius 2 is 1.62 bits per heavy atom. The quantitative estimate of drug-likeness (QED) is 0.287. The molecule has 0 aromatic heterocycles. The maximum absolute atomic E-state index is 11.2. The first-order chi connectivity index (χ1) is 11.4. The van der Waals surface area contributed by atoms with Crippen molar-refractivity contribution < 1.29 is 28.6 Å². The summed E-state index contributed by atoms with van der Waals surface area (Å²) in [5, 5.41) is 0. The molecule has 0 atom stereocenters. The Hall–Kier alpha value is 1.13. The molecule has 0 aliphatic heterocycles. The van der Waals surface area contributed by atoms with E-state index in [1.165, 1.54) is 0 Å². The molecule has 26 heavy (non-hydrogen) atoms. The van der Waals surface area contributed by atoms with Crippen molar-refractivity contribution in [2.75, 3.05) is 12.8 Å². The first kappa shape index (κ1) is 27.1. The molecule has 0 aliphatic rings. The van der Waals surface area contributed by atoms with Crippen LogP contribution in [0.5, 0.6) is 11.5 Å². The Morgan fingerprint density at radius 3 is 2.27 bits per heavy atom. The molecule has 2 aromatic carbocycles. The average molecular weight is 431 g/mol. The van der Waals surface area contributed by atoms with Crippen molar-refractivity contribution in [1.82, 2.24) is 0 Å². The van der Waals surface area contributed by atoms with Gasteiger partial charge in [0.05, 0.1) is 6.61 Å². The number of esters is 1. The summed E-state index contributed by atoms with van der Waals surface area (Å²) >= 11 is 0. The van der Waals surface area contributed by atoms with E-state index in [0.29, 0.717) is 12.8 Å². The van der Waals surface area contributed by atoms with Crippen LogP contribution in [0.25, 0.3) is 0 Å². The number of aryl methyl sites for hydroxylation is 1. The third kappa shape index (κ3) is 11.9. The number of hydrogen-bond acceptors (Lipinski definition) is 4. The molecule has 132 valence electrons. The van der Waals surface area contributed by atoms with E-state index in [2.05, 4.69) is 0 Å². The number of ether oxygens (including phenoxy) is 2. The van der Waals surface area contributed by atoms with Crippen LogP contribution in [-0.2, 0) is 20.5 Å². The van der Waals surface area contributed by atoms with Gasteiger partial charge in [0.1, 0.15) is 17.7 Å². The van der Waals surface area contributed by atoms with Gasteiger partial charge in [0.15, 0.2) is 0 Å². The predicted octanol–water partition coefficient (Wildman–Crippen LogP) is 1.84. The second kappa shape index (κ2) is 14.2. The third-order valence-electron chi connectivity index (χ3n) is 3.09. The van der Waals surface area contributed by atoms with Crippen LogP contribution in [0.4, 0.5) is 0 Å². The van der Waals surface area contributed by atoms with Crippen molar-refractivity contribution in [3.8, 4) is 11.5 Å². The Bertz CT molecular complexity index is 720. The van der Waals surface area contributed by atoms with Gasteiger partial charge in [-0.1, -0.05) is 30.3 Å². The predicted molar refractivity (Wildman–Crippen MR) is 103 cm³/mol. The van der Waals surface area contributed by atoms with Crippen LogP contribution in [0, 0.1) is 0 Å². The topological polar surface area (TPSA) is 93.1 Å². The Morgan fingerprint density at radius 1 is 0.962 bits per heavy atom. The van der Waals surface area contributed by atoms with Crippen LogP contribution in [0.2, 0.25) is 0 Å². The van der Waals surface area contributed by atoms with E-state index in [1.807, 2.05) is 54.6 Å². The number of hydrogen-bond donors (Lipinski definition) is 2. The SMILES string of the molecule is O=C(CP(=O)(O)O)OCCCc1cccc(Oc2ccccc2)c1.[KH].[KH]. The third-order valence-corrected chi connectivity index (χ3v) is 3.76. The van der Waals surface area contributed by atoms with Gasteiger partial charge in [-0.15, -0.1) is 0 Å². The molecule has 0 saturated carbocycles. The van der Waals surface area contributed by atoms with Crippen molar-refractivity contribution in [2.24, 2.45) is 0 Å². The number of para-hydroxylation sites is 1. The molecule has 6 nitrogen and oxygen atoms in total. The zero-order chi connectivity index (χ0) is 17.4. The van der Waals surface area contributed by atoms with E-state index in [0.717, 1.165) is 17.1 Å². The summed E-state index contributed by atoms with van der Waals surface area (Å²) in [6.07, 6.45) is 0.338. The van der Waals surface area contributed by atoms with Gasteiger partial charge in [-0.3, -0.25) is 9.36 Å². The minimum absolute atomic E-state index is 0. The fraction of sp³-hybridized carbons (Fsp3) is 0.235. The second-order valence-electron chi connectivity index (χ2n) is 5.21. The zero-order valence-electron chi connectivity index (χ0n) is 13.0. The monoisotopic (exact) mass is 430 g/mol. The van der Waals surface area contributed by atoms with Gasteiger partial charge < -0.3 is 19.3 Å². The van der Waals surface area contributed by atoms with Crippen molar-refractivity contribution in [3.05, 3.63) is 60.2 Å². The summed E-state index contributed by atoms with van der Waals surface area (Å²) < 4.78 is 21.2. The maximum atomic E-state index is 11.2. The van der Waals surface area contributed by atoms with Crippen molar-refractivity contribution >= 4 is 116 Å². The van der Waals surface area contributed by atoms with Gasteiger partial charge in [0.25, 0.3) is 0 Å². The number of carbonyl (C=O) groups excluding carboxylic acids is 1. The van der Waals surface area contributed by atoms with Gasteiger partial charge in [0, 0.05) is 0 Å². The van der Waals surface area contributed by atoms with E-state index in [-0.39, 0.29) is 109 Å². The summed E-state index contributed by atoms with van der Waals surface area (Å²) in [4.78, 5) is 28.5. The van der Waals surface area contributed by atoms with E-state index in [9.17, 15) is 9.36 Å². The minimum atomic E-state index is -4.36. The summed E-state index contributed by atoms with van der Waals surface area (Å²) in [7, 11) is -4.36. The van der Waals surface area contributed by atoms with Crippen LogP contribution in [-0.4, -0.2) is 131 Å². The molecule has 0 amide bonds. The number of carbonyl (C=O) groups is 1. The molecule has 9 heteroatoms. The normalized spacial score (nSPS) is 10.2. The van der Waals surface area contributed by atoms with E-state index in [4.69, 9.17) is 19.3 Å². The van der Waals surface area contributed by atoms with Gasteiger partial charge in [-0.2, -0.15) is 0 Å². The van der Waals surface area contributed by atoms with Gasteiger partial charge >= 0.3 is 116 Å². The van der Waals surface area contributed by atoms with Crippen LogP contribution in [0.15, 0.2) is 54.6 Å². The fourth-order valence-corrected chi connectivity index (χ4v) is 2.49. The molecular formula is C17H21K2O6P. The molecule has 0 heterocycles. The van der Waals surface area contributed by atoms with Crippen LogP contribution < -0.4 is 4.74 Å². The first-order valence-electron chi connectivity index (χ1n) is 7.44. The molecule has 2 aromatic rings. The fourth-order valence-electron chi connectivity index (χ4n) is 2.07. The van der Waals surface area contributed by atoms with Crippen LogP contribution in [0.1, 0.15) is 12.0 Å². The molecule has 0 saturated heterocycles. The van der Waals surface area contributed by atoms with Crippen molar-refractivity contribution in [1.29, 1.82) is 0 Å². The second-order valence-corrected chi connectivity index (χ2v) is 6.85. The summed E-state index contributed by atoms with van der Waals surface area (Å²) in [6, 6.07) is 17.0. The van der Waals surface area contributed by atoms with Crippen LogP contribution in [0.3, 0.4) is 0 Å². The van der Waals surface area contributed by atoms with Crippen LogP contribution >= 0.6 is 7.60 Å². The molecule has 0 unspecified atom stereocenters. The van der Waals surface area contributed by atoms with E-state index >= 15 is 0 Å². The summed E-state index contributed by atoms with van der Waals surface area (Å²) in [6.45, 7) is 0.114. The Kier molecular flexibility index (Phi) is 14.8. The van der Waals surface area contributed by atoms with Gasteiger partial charge in [-0.25, -0.2) is 0 Å². The first-order valence-corrected chi connectivity index (χ1v) is 9.24. The number of benzene rings is 2. The molecule has 0 fully saturated rings. The summed E-state index contributed by atoms with van der Waals surface area (Å²) in [5.74, 6) is 0.586. The molecular weight excluding hydrogens is 409 g/mol. The van der Waals surface area contributed by atoms with E-state index in [1.54, 1.807) is 0 Å². The zero-order valence-corrected chi connectivity index (χ0v) is 13.9. The molecule has 0 bridgehead atoms. The number of rotatable bonds is 8. The Balaban J connectivity index is 0.00000312. The van der Waals surface area contributed by atoms with Crippen molar-refractivity contribution in [2.45, 2.75) is 12.8 Å². The molecule has 0 radical (unpaired) electrons. The molecule has 2 N–H and O–H groups in total. The van der Waals surface area contributed by atoms with Gasteiger partial charge in [-0.05, 0) is 42.7 Å². The average Bonchev–Trinajstić information content (AvgIpc) is 2.51. The molecule has 2 rings (SSSR count). The van der Waals surface area contributed by atoms with Crippen molar-refractivity contribution in [3.63, 3.8) is 0 Å². The van der Waals surface area contributed by atoms with E-state index < -0.39 is 19.7 Å².